The number of rotatable bonds is 7. The summed E-state index contributed by atoms with van der Waals surface area (Å²) in [6.45, 7) is 1.13. The molecule has 0 radical (unpaired) electrons. The first-order valence-corrected chi connectivity index (χ1v) is 11.3. The molecule has 0 aliphatic carbocycles. The van der Waals surface area contributed by atoms with Crippen molar-refractivity contribution in [1.29, 1.82) is 5.26 Å². The van der Waals surface area contributed by atoms with Gasteiger partial charge in [-0.2, -0.15) is 23.4 Å². The average Bonchev–Trinajstić information content (AvgIpc) is 3.25. The van der Waals surface area contributed by atoms with Crippen molar-refractivity contribution in [3.05, 3.63) is 98.3 Å². The normalized spacial score (nSPS) is 13.4. The molecule has 186 valence electrons. The van der Waals surface area contributed by atoms with Crippen LogP contribution in [-0.2, 0) is 25.6 Å². The topological polar surface area (TPSA) is 83.2 Å². The Balaban J connectivity index is 1.43. The minimum atomic E-state index is -4.63. The fourth-order valence-electron chi connectivity index (χ4n) is 3.72. The third-order valence-corrected chi connectivity index (χ3v) is 5.87. The molecule has 2 heterocycles. The van der Waals surface area contributed by atoms with Crippen molar-refractivity contribution in [2.24, 2.45) is 0 Å². The molecule has 1 aliphatic heterocycles. The molecule has 7 nitrogen and oxygen atoms in total. The number of aryl methyl sites for hydroxylation is 2. The van der Waals surface area contributed by atoms with Crippen molar-refractivity contribution in [2.45, 2.75) is 25.6 Å². The van der Waals surface area contributed by atoms with Gasteiger partial charge in [-0.15, -0.1) is 0 Å². The first kappa shape index (κ1) is 25.3. The van der Waals surface area contributed by atoms with Crippen molar-refractivity contribution in [3.8, 4) is 17.6 Å². The van der Waals surface area contributed by atoms with E-state index in [1.54, 1.807) is 24.4 Å². The van der Waals surface area contributed by atoms with Gasteiger partial charge in [-0.25, -0.2) is 10.2 Å². The van der Waals surface area contributed by atoms with Crippen molar-refractivity contribution >= 4 is 11.6 Å². The molecule has 0 fully saturated rings. The van der Waals surface area contributed by atoms with Crippen LogP contribution in [0.1, 0.15) is 22.4 Å². The van der Waals surface area contributed by atoms with E-state index < -0.39 is 16.8 Å². The number of aromatic nitrogens is 2. The molecule has 0 amide bonds. The van der Waals surface area contributed by atoms with Gasteiger partial charge in [-0.1, -0.05) is 17.7 Å². The monoisotopic (exact) mass is 515 g/mol. The molecule has 1 aromatic heterocycles. The zero-order chi connectivity index (χ0) is 25.9. The quantitative estimate of drug-likeness (QED) is 0.491. The molecule has 1 aliphatic rings. The minimum Gasteiger partial charge on any atom is -0.456 e. The standard InChI is InChI=1S/C25H21ClF3N5O2/c1-33-14-17(13-31-33)15-34-9-8-19(32-24(34)35)4-2-16-3-7-23(18(10-16)12-30)36-20-5-6-22(26)21(11-20)25(27,28)29/h3,5-11,14,31H,2,4,13,15H2,1H3. The smallest absolute Gasteiger partial charge is 0.417 e. The molecule has 0 saturated carbocycles. The number of nitrogens with zero attached hydrogens (tertiary/aromatic N) is 4. The van der Waals surface area contributed by atoms with E-state index in [1.807, 2.05) is 24.3 Å². The number of alkyl halides is 3. The van der Waals surface area contributed by atoms with E-state index in [9.17, 15) is 23.2 Å². The Morgan fingerprint density at radius 3 is 2.67 bits per heavy atom. The SMILES string of the molecule is CN1C=C(Cn2ccc(CCc3ccc(Oc4ccc(Cl)c(C(F)(F)F)c4)c(C#N)c3)nc2=O)CN1. The van der Waals surface area contributed by atoms with Gasteiger partial charge in [0.15, 0.2) is 0 Å². The fourth-order valence-corrected chi connectivity index (χ4v) is 3.95. The van der Waals surface area contributed by atoms with Crippen LogP contribution < -0.4 is 15.9 Å². The number of nitriles is 1. The Morgan fingerprint density at radius 2 is 2.00 bits per heavy atom. The van der Waals surface area contributed by atoms with Gasteiger partial charge in [0, 0.05) is 31.7 Å². The molecule has 2 aromatic carbocycles. The summed E-state index contributed by atoms with van der Waals surface area (Å²) in [6, 6.07) is 11.8. The zero-order valence-electron chi connectivity index (χ0n) is 19.1. The Bertz CT molecular complexity index is 1410. The van der Waals surface area contributed by atoms with Gasteiger partial charge < -0.3 is 9.75 Å². The van der Waals surface area contributed by atoms with E-state index in [2.05, 4.69) is 10.4 Å². The van der Waals surface area contributed by atoms with Gasteiger partial charge in [-0.05, 0) is 60.4 Å². The summed E-state index contributed by atoms with van der Waals surface area (Å²) in [5.41, 5.74) is 4.40. The second-order valence-electron chi connectivity index (χ2n) is 8.25. The molecule has 0 atom stereocenters. The van der Waals surface area contributed by atoms with Crippen molar-refractivity contribution in [2.75, 3.05) is 13.6 Å². The maximum absolute atomic E-state index is 13.1. The van der Waals surface area contributed by atoms with Gasteiger partial charge in [0.25, 0.3) is 0 Å². The molecule has 0 saturated heterocycles. The lowest BCUT2D eigenvalue weighted by Crippen LogP contribution is -2.26. The Kier molecular flexibility index (Phi) is 7.33. The highest BCUT2D eigenvalue weighted by atomic mass is 35.5. The largest absolute Gasteiger partial charge is 0.456 e. The van der Waals surface area contributed by atoms with E-state index in [0.29, 0.717) is 31.6 Å². The van der Waals surface area contributed by atoms with Crippen LogP contribution in [0.15, 0.2) is 65.2 Å². The van der Waals surface area contributed by atoms with Crippen LogP contribution in [0, 0.1) is 11.3 Å². The number of halogens is 4. The Morgan fingerprint density at radius 1 is 1.19 bits per heavy atom. The summed E-state index contributed by atoms with van der Waals surface area (Å²) in [5.74, 6) is 0.0373. The summed E-state index contributed by atoms with van der Waals surface area (Å²) in [5, 5.41) is 10.9. The van der Waals surface area contributed by atoms with Crippen LogP contribution in [0.5, 0.6) is 11.5 Å². The van der Waals surface area contributed by atoms with Gasteiger partial charge in [-0.3, -0.25) is 4.57 Å². The number of hydrazine groups is 1. The third kappa shape index (κ3) is 6.05. The Hall–Kier alpha value is -3.81. The van der Waals surface area contributed by atoms with Crippen LogP contribution in [0.25, 0.3) is 0 Å². The van der Waals surface area contributed by atoms with E-state index in [4.69, 9.17) is 16.3 Å². The van der Waals surface area contributed by atoms with E-state index in [-0.39, 0.29) is 22.8 Å². The molecular weight excluding hydrogens is 495 g/mol. The summed E-state index contributed by atoms with van der Waals surface area (Å²) >= 11 is 5.65. The molecule has 4 rings (SSSR count). The fraction of sp³-hybridized carbons (Fsp3) is 0.240. The number of benzene rings is 2. The third-order valence-electron chi connectivity index (χ3n) is 5.54. The van der Waals surface area contributed by atoms with E-state index in [0.717, 1.165) is 23.3 Å². The van der Waals surface area contributed by atoms with Gasteiger partial charge in [0.2, 0.25) is 0 Å². The van der Waals surface area contributed by atoms with Crippen molar-refractivity contribution in [1.82, 2.24) is 20.0 Å². The second kappa shape index (κ2) is 10.4. The van der Waals surface area contributed by atoms with Crippen molar-refractivity contribution < 1.29 is 17.9 Å². The lowest BCUT2D eigenvalue weighted by Gasteiger charge is -2.13. The first-order chi connectivity index (χ1) is 17.1. The van der Waals surface area contributed by atoms with E-state index in [1.165, 1.54) is 16.7 Å². The molecule has 3 aromatic rings. The first-order valence-electron chi connectivity index (χ1n) is 10.9. The molecule has 0 spiro atoms. The number of hydrogen-bond donors (Lipinski definition) is 1. The van der Waals surface area contributed by atoms with Crippen molar-refractivity contribution in [3.63, 3.8) is 0 Å². The predicted octanol–water partition coefficient (Wildman–Crippen LogP) is 4.70. The maximum atomic E-state index is 13.1. The predicted molar refractivity (Wildman–Crippen MR) is 127 cm³/mol. The van der Waals surface area contributed by atoms with Gasteiger partial charge >= 0.3 is 11.9 Å². The highest BCUT2D eigenvalue weighted by Crippen LogP contribution is 2.38. The lowest BCUT2D eigenvalue weighted by molar-refractivity contribution is -0.137. The summed E-state index contributed by atoms with van der Waals surface area (Å²) in [7, 11) is 1.88. The second-order valence-corrected chi connectivity index (χ2v) is 8.65. The van der Waals surface area contributed by atoms with Crippen LogP contribution in [-0.4, -0.2) is 28.2 Å². The summed E-state index contributed by atoms with van der Waals surface area (Å²) < 4.78 is 46.4. The molecule has 0 bridgehead atoms. The summed E-state index contributed by atoms with van der Waals surface area (Å²) in [4.78, 5) is 16.6. The van der Waals surface area contributed by atoms with Crippen LogP contribution in [0.4, 0.5) is 13.2 Å². The molecular formula is C25H21ClF3N5O2. The molecule has 11 heteroatoms. The lowest BCUT2D eigenvalue weighted by atomic mass is 10.0. The summed E-state index contributed by atoms with van der Waals surface area (Å²) in [6.07, 6.45) is -0.00896. The zero-order valence-corrected chi connectivity index (χ0v) is 19.9. The van der Waals surface area contributed by atoms with E-state index >= 15 is 0 Å². The highest BCUT2D eigenvalue weighted by molar-refractivity contribution is 6.31. The minimum absolute atomic E-state index is 0.0865. The number of ether oxygens (including phenoxy) is 1. The number of nitrogens with one attached hydrogen (secondary N) is 1. The highest BCUT2D eigenvalue weighted by Gasteiger charge is 2.33. The van der Waals surface area contributed by atoms with Crippen LogP contribution in [0.2, 0.25) is 5.02 Å². The maximum Gasteiger partial charge on any atom is 0.417 e. The van der Waals surface area contributed by atoms with Gasteiger partial charge in [0.1, 0.15) is 17.6 Å². The van der Waals surface area contributed by atoms with Gasteiger partial charge in [0.05, 0.1) is 22.7 Å². The Labute approximate surface area is 210 Å². The molecule has 36 heavy (non-hydrogen) atoms. The van der Waals surface area contributed by atoms with Crippen LogP contribution in [0.3, 0.4) is 0 Å². The average molecular weight is 516 g/mol. The van der Waals surface area contributed by atoms with Crippen LogP contribution >= 0.6 is 11.6 Å². The molecule has 1 N–H and O–H groups in total. The number of hydrogen-bond acceptors (Lipinski definition) is 6. The molecule has 0 unspecified atom stereocenters.